The fraction of sp³-hybridized carbons (Fsp3) is 0.556. The molecule has 0 saturated carbocycles. The Morgan fingerprint density at radius 3 is 2.57 bits per heavy atom. The molecule has 1 N–H and O–H groups in total. The summed E-state index contributed by atoms with van der Waals surface area (Å²) in [6.07, 6.45) is 3.34. The van der Waals surface area contributed by atoms with E-state index in [2.05, 4.69) is 17.3 Å². The third-order valence-electron chi connectivity index (χ3n) is 5.07. The van der Waals surface area contributed by atoms with Crippen LogP contribution in [0.25, 0.3) is 0 Å². The van der Waals surface area contributed by atoms with Gasteiger partial charge in [-0.05, 0) is 70.0 Å². The average Bonchev–Trinajstić information content (AvgIpc) is 2.54. The summed E-state index contributed by atoms with van der Waals surface area (Å²) in [5.41, 5.74) is 1.41. The molecule has 5 nitrogen and oxygen atoms in total. The average molecular weight is 315 g/mol. The standard InChI is InChI=1S/C18H25N3O2/c1-13(22)14-5-7-16(8-6-14)19-18(23)21-10-3-4-15-12-20(2)11-9-17(15)21/h5-8,15,17H,3-4,9-12H2,1-2H3,(H,19,23)/t15-,17+/m1/s1. The van der Waals surface area contributed by atoms with Crippen molar-refractivity contribution in [2.45, 2.75) is 32.2 Å². The lowest BCUT2D eigenvalue weighted by Crippen LogP contribution is -2.56. The number of ketones is 1. The third-order valence-corrected chi connectivity index (χ3v) is 5.07. The molecule has 2 heterocycles. The van der Waals surface area contributed by atoms with E-state index in [1.54, 1.807) is 31.2 Å². The number of piperidine rings is 2. The minimum atomic E-state index is -0.0140. The van der Waals surface area contributed by atoms with Crippen molar-refractivity contribution in [1.82, 2.24) is 9.80 Å². The van der Waals surface area contributed by atoms with Gasteiger partial charge in [0, 0.05) is 30.4 Å². The van der Waals surface area contributed by atoms with E-state index < -0.39 is 0 Å². The number of hydrogen-bond donors (Lipinski definition) is 1. The van der Waals surface area contributed by atoms with Crippen LogP contribution in [0.2, 0.25) is 0 Å². The van der Waals surface area contributed by atoms with Gasteiger partial charge < -0.3 is 15.1 Å². The second kappa shape index (κ2) is 6.71. The Labute approximate surface area is 137 Å². The molecule has 1 aromatic carbocycles. The molecule has 2 atom stereocenters. The molecule has 0 spiro atoms. The summed E-state index contributed by atoms with van der Waals surface area (Å²) in [4.78, 5) is 28.3. The van der Waals surface area contributed by atoms with Crippen molar-refractivity contribution in [3.05, 3.63) is 29.8 Å². The number of fused-ring (bicyclic) bond motifs is 1. The smallest absolute Gasteiger partial charge is 0.321 e. The van der Waals surface area contributed by atoms with E-state index in [4.69, 9.17) is 0 Å². The fourth-order valence-corrected chi connectivity index (χ4v) is 3.82. The van der Waals surface area contributed by atoms with Crippen LogP contribution in [-0.2, 0) is 0 Å². The van der Waals surface area contributed by atoms with Crippen LogP contribution in [0.1, 0.15) is 36.5 Å². The molecule has 2 saturated heterocycles. The zero-order chi connectivity index (χ0) is 16.4. The number of carbonyl (C=O) groups is 2. The summed E-state index contributed by atoms with van der Waals surface area (Å²) in [5.74, 6) is 0.626. The van der Waals surface area contributed by atoms with Gasteiger partial charge in [0.1, 0.15) is 0 Å². The Morgan fingerprint density at radius 1 is 1.13 bits per heavy atom. The van der Waals surface area contributed by atoms with E-state index >= 15 is 0 Å². The van der Waals surface area contributed by atoms with Crippen molar-refractivity contribution < 1.29 is 9.59 Å². The molecule has 23 heavy (non-hydrogen) atoms. The van der Waals surface area contributed by atoms with E-state index in [-0.39, 0.29) is 11.8 Å². The molecule has 0 aromatic heterocycles. The molecule has 2 fully saturated rings. The molecule has 0 unspecified atom stereocenters. The summed E-state index contributed by atoms with van der Waals surface area (Å²) < 4.78 is 0. The van der Waals surface area contributed by atoms with E-state index in [1.165, 1.54) is 6.42 Å². The van der Waals surface area contributed by atoms with Crippen molar-refractivity contribution >= 4 is 17.5 Å². The predicted octanol–water partition coefficient (Wildman–Crippen LogP) is 2.84. The SMILES string of the molecule is CC(=O)c1ccc(NC(=O)N2CCC[C@@H]3CN(C)CC[C@@H]32)cc1. The first kappa shape index (κ1) is 16.0. The van der Waals surface area contributed by atoms with Gasteiger partial charge in [0.15, 0.2) is 5.78 Å². The van der Waals surface area contributed by atoms with Gasteiger partial charge in [-0.1, -0.05) is 0 Å². The number of rotatable bonds is 2. The second-order valence-electron chi connectivity index (χ2n) is 6.78. The fourth-order valence-electron chi connectivity index (χ4n) is 3.82. The lowest BCUT2D eigenvalue weighted by Gasteiger charge is -2.46. The van der Waals surface area contributed by atoms with Crippen LogP contribution in [0.5, 0.6) is 0 Å². The number of likely N-dealkylation sites (tertiary alicyclic amines) is 2. The van der Waals surface area contributed by atoms with E-state index in [1.807, 2.05) is 4.90 Å². The zero-order valence-corrected chi connectivity index (χ0v) is 13.9. The van der Waals surface area contributed by atoms with Crippen LogP contribution in [-0.4, -0.2) is 54.3 Å². The quantitative estimate of drug-likeness (QED) is 0.854. The summed E-state index contributed by atoms with van der Waals surface area (Å²) >= 11 is 0. The number of Topliss-reactive ketones (excluding diaryl/α,β-unsaturated/α-hetero) is 1. The summed E-state index contributed by atoms with van der Waals surface area (Å²) in [5, 5.41) is 2.98. The number of nitrogens with one attached hydrogen (secondary N) is 1. The van der Waals surface area contributed by atoms with E-state index in [0.717, 1.165) is 38.2 Å². The van der Waals surface area contributed by atoms with Gasteiger partial charge in [0.25, 0.3) is 0 Å². The molecule has 0 radical (unpaired) electrons. The lowest BCUT2D eigenvalue weighted by molar-refractivity contribution is 0.0579. The molecular formula is C18H25N3O2. The highest BCUT2D eigenvalue weighted by Gasteiger charge is 2.37. The Hall–Kier alpha value is -1.88. The lowest BCUT2D eigenvalue weighted by atomic mass is 9.84. The number of carbonyl (C=O) groups excluding carboxylic acids is 2. The van der Waals surface area contributed by atoms with Crippen LogP contribution in [0.15, 0.2) is 24.3 Å². The van der Waals surface area contributed by atoms with Crippen LogP contribution in [0.4, 0.5) is 10.5 Å². The minimum Gasteiger partial charge on any atom is -0.321 e. The topological polar surface area (TPSA) is 52.7 Å². The second-order valence-corrected chi connectivity index (χ2v) is 6.78. The maximum absolute atomic E-state index is 12.7. The Balaban J connectivity index is 1.66. The number of anilines is 1. The highest BCUT2D eigenvalue weighted by Crippen LogP contribution is 2.30. The highest BCUT2D eigenvalue weighted by molar-refractivity contribution is 5.95. The van der Waals surface area contributed by atoms with Gasteiger partial charge in [-0.2, -0.15) is 0 Å². The molecular weight excluding hydrogens is 290 g/mol. The summed E-state index contributed by atoms with van der Waals surface area (Å²) in [7, 11) is 2.16. The van der Waals surface area contributed by atoms with Gasteiger partial charge in [-0.25, -0.2) is 4.79 Å². The van der Waals surface area contributed by atoms with Crippen LogP contribution in [0.3, 0.4) is 0 Å². The Kier molecular flexibility index (Phi) is 4.66. The highest BCUT2D eigenvalue weighted by atomic mass is 16.2. The summed E-state index contributed by atoms with van der Waals surface area (Å²) in [6.45, 7) is 4.52. The normalized spacial score (nSPS) is 24.9. The van der Waals surface area contributed by atoms with Gasteiger partial charge in [0.05, 0.1) is 0 Å². The molecule has 3 rings (SSSR count). The van der Waals surface area contributed by atoms with Gasteiger partial charge in [-0.15, -0.1) is 0 Å². The maximum atomic E-state index is 12.7. The predicted molar refractivity (Wildman–Crippen MR) is 90.8 cm³/mol. The van der Waals surface area contributed by atoms with Gasteiger partial charge in [0.2, 0.25) is 0 Å². The molecule has 1 aromatic rings. The summed E-state index contributed by atoms with van der Waals surface area (Å²) in [6, 6.07) is 7.45. The minimum absolute atomic E-state index is 0.0140. The first-order valence-electron chi connectivity index (χ1n) is 8.42. The maximum Gasteiger partial charge on any atom is 0.322 e. The molecule has 5 heteroatoms. The number of amides is 2. The van der Waals surface area contributed by atoms with Crippen LogP contribution < -0.4 is 5.32 Å². The molecule has 0 bridgehead atoms. The molecule has 124 valence electrons. The molecule has 0 aliphatic carbocycles. The number of urea groups is 1. The Morgan fingerprint density at radius 2 is 1.87 bits per heavy atom. The van der Waals surface area contributed by atoms with E-state index in [9.17, 15) is 9.59 Å². The number of nitrogens with zero attached hydrogens (tertiary/aromatic N) is 2. The van der Waals surface area contributed by atoms with Crippen molar-refractivity contribution in [3.8, 4) is 0 Å². The molecule has 2 aliphatic rings. The first-order valence-corrected chi connectivity index (χ1v) is 8.42. The largest absolute Gasteiger partial charge is 0.322 e. The Bertz CT molecular complexity index is 584. The molecule has 2 amide bonds. The number of hydrogen-bond acceptors (Lipinski definition) is 3. The van der Waals surface area contributed by atoms with Crippen LogP contribution >= 0.6 is 0 Å². The van der Waals surface area contributed by atoms with Gasteiger partial charge >= 0.3 is 6.03 Å². The van der Waals surface area contributed by atoms with Crippen molar-refractivity contribution in [2.24, 2.45) is 5.92 Å². The zero-order valence-electron chi connectivity index (χ0n) is 13.9. The van der Waals surface area contributed by atoms with E-state index in [0.29, 0.717) is 17.5 Å². The first-order chi connectivity index (χ1) is 11.0. The van der Waals surface area contributed by atoms with Gasteiger partial charge in [-0.3, -0.25) is 4.79 Å². The number of benzene rings is 1. The van der Waals surface area contributed by atoms with Crippen molar-refractivity contribution in [2.75, 3.05) is 32.0 Å². The van der Waals surface area contributed by atoms with Crippen molar-refractivity contribution in [3.63, 3.8) is 0 Å². The molecule has 2 aliphatic heterocycles. The third kappa shape index (κ3) is 3.55. The van der Waals surface area contributed by atoms with Crippen LogP contribution in [0, 0.1) is 5.92 Å². The van der Waals surface area contributed by atoms with Crippen molar-refractivity contribution in [1.29, 1.82) is 0 Å². The monoisotopic (exact) mass is 315 g/mol.